The van der Waals surface area contributed by atoms with Crippen LogP contribution in [0.5, 0.6) is 0 Å². The van der Waals surface area contributed by atoms with Crippen LogP contribution in [-0.2, 0) is 10.3 Å². The standard InChI is InChI=1S/C28H31N5O2Si/c1-32(2)19-11-13-23-25(17-19)36(5,16-8-15-30-31-29)26-18-20(33(3)4)12-14-24(26)28(23)22-10-7-6-9-21(22)27(34)35-28/h6-7,9-14,17-18H,8,15-16H2,1-5H3. The number of rotatable bonds is 6. The van der Waals surface area contributed by atoms with Gasteiger partial charge < -0.3 is 14.5 Å². The minimum absolute atomic E-state index is 0.288. The van der Waals surface area contributed by atoms with Gasteiger partial charge in [-0.1, -0.05) is 42.0 Å². The molecule has 5 rings (SSSR count). The predicted octanol–water partition coefficient (Wildman–Crippen LogP) is 4.49. The molecular formula is C28H31N5O2Si. The Kier molecular flexibility index (Phi) is 5.81. The van der Waals surface area contributed by atoms with E-state index in [4.69, 9.17) is 10.3 Å². The van der Waals surface area contributed by atoms with Crippen LogP contribution < -0.4 is 20.2 Å². The molecule has 0 amide bonds. The summed E-state index contributed by atoms with van der Waals surface area (Å²) in [6, 6.07) is 21.8. The highest BCUT2D eigenvalue weighted by molar-refractivity contribution is 7.02. The van der Waals surface area contributed by atoms with Crippen LogP contribution in [0.2, 0.25) is 12.6 Å². The van der Waals surface area contributed by atoms with E-state index in [9.17, 15) is 4.79 Å². The SMILES string of the molecule is CN(C)c1ccc2c(c1)[Si](C)(CCCN=[N+]=[N-])c1cc(N(C)C)ccc1C21OC(=O)c2ccccc21. The number of nitrogens with zero attached hydrogens (tertiary/aromatic N) is 5. The molecule has 0 saturated carbocycles. The van der Waals surface area contributed by atoms with Crippen molar-refractivity contribution < 1.29 is 9.53 Å². The summed E-state index contributed by atoms with van der Waals surface area (Å²) < 4.78 is 6.44. The second-order valence-electron chi connectivity index (χ2n) is 10.3. The molecule has 184 valence electrons. The maximum absolute atomic E-state index is 13.2. The zero-order chi connectivity index (χ0) is 25.7. The number of hydrogen-bond acceptors (Lipinski definition) is 5. The van der Waals surface area contributed by atoms with Crippen LogP contribution >= 0.6 is 0 Å². The highest BCUT2D eigenvalue weighted by atomic mass is 28.3. The smallest absolute Gasteiger partial charge is 0.340 e. The van der Waals surface area contributed by atoms with Crippen LogP contribution in [0.15, 0.2) is 65.8 Å². The summed E-state index contributed by atoms with van der Waals surface area (Å²) >= 11 is 0. The van der Waals surface area contributed by atoms with Crippen molar-refractivity contribution in [2.75, 3.05) is 44.5 Å². The van der Waals surface area contributed by atoms with Gasteiger partial charge in [0.1, 0.15) is 8.07 Å². The first kappa shape index (κ1) is 24.0. The average molecular weight is 498 g/mol. The quantitative estimate of drug-likeness (QED) is 0.126. The Hall–Kier alpha value is -3.74. The predicted molar refractivity (Wildman–Crippen MR) is 148 cm³/mol. The zero-order valence-corrected chi connectivity index (χ0v) is 22.4. The lowest BCUT2D eigenvalue weighted by Gasteiger charge is -2.45. The van der Waals surface area contributed by atoms with Gasteiger partial charge in [-0.15, -0.1) is 0 Å². The van der Waals surface area contributed by atoms with E-state index < -0.39 is 13.7 Å². The van der Waals surface area contributed by atoms with Gasteiger partial charge in [0.05, 0.1) is 5.56 Å². The molecule has 0 bridgehead atoms. The van der Waals surface area contributed by atoms with E-state index >= 15 is 0 Å². The lowest BCUT2D eigenvalue weighted by atomic mass is 9.79. The van der Waals surface area contributed by atoms with Gasteiger partial charge in [0.2, 0.25) is 0 Å². The minimum Gasteiger partial charge on any atom is -0.441 e. The van der Waals surface area contributed by atoms with Crippen molar-refractivity contribution in [2.45, 2.75) is 24.6 Å². The Morgan fingerprint density at radius 1 is 0.917 bits per heavy atom. The van der Waals surface area contributed by atoms with Crippen LogP contribution in [0.3, 0.4) is 0 Å². The third-order valence-corrected chi connectivity index (χ3v) is 12.3. The monoisotopic (exact) mass is 497 g/mol. The zero-order valence-electron chi connectivity index (χ0n) is 21.4. The second kappa shape index (κ2) is 8.73. The highest BCUT2D eigenvalue weighted by Crippen LogP contribution is 2.49. The molecule has 3 aromatic rings. The van der Waals surface area contributed by atoms with Gasteiger partial charge in [-0.2, -0.15) is 0 Å². The molecule has 2 aliphatic heterocycles. The lowest BCUT2D eigenvalue weighted by molar-refractivity contribution is 0.0255. The van der Waals surface area contributed by atoms with E-state index in [0.29, 0.717) is 12.1 Å². The van der Waals surface area contributed by atoms with Crippen molar-refractivity contribution in [3.8, 4) is 0 Å². The molecule has 0 radical (unpaired) electrons. The van der Waals surface area contributed by atoms with Crippen LogP contribution in [0.1, 0.15) is 33.5 Å². The number of azide groups is 1. The van der Waals surface area contributed by atoms with Crippen LogP contribution in [0.25, 0.3) is 10.4 Å². The van der Waals surface area contributed by atoms with Crippen molar-refractivity contribution in [1.29, 1.82) is 0 Å². The fourth-order valence-electron chi connectivity index (χ4n) is 5.87. The summed E-state index contributed by atoms with van der Waals surface area (Å²) in [5.41, 5.74) is 13.7. The molecule has 0 fully saturated rings. The molecule has 2 aliphatic rings. The first-order chi connectivity index (χ1) is 17.2. The average Bonchev–Trinajstić information content (AvgIpc) is 3.18. The van der Waals surface area contributed by atoms with Crippen molar-refractivity contribution in [3.05, 3.63) is 93.4 Å². The van der Waals surface area contributed by atoms with Crippen LogP contribution in [0.4, 0.5) is 11.4 Å². The largest absolute Gasteiger partial charge is 0.441 e. The number of anilines is 2. The second-order valence-corrected chi connectivity index (χ2v) is 14.5. The van der Waals surface area contributed by atoms with E-state index in [-0.39, 0.29) is 5.97 Å². The molecule has 0 aromatic heterocycles. The summed E-state index contributed by atoms with van der Waals surface area (Å²) in [7, 11) is 5.83. The number of carbonyl (C=O) groups is 1. The van der Waals surface area contributed by atoms with E-state index in [1.807, 2.05) is 52.5 Å². The Morgan fingerprint density at radius 2 is 1.50 bits per heavy atom. The van der Waals surface area contributed by atoms with Gasteiger partial charge in [-0.3, -0.25) is 0 Å². The Labute approximate surface area is 212 Å². The van der Waals surface area contributed by atoms with Crippen molar-refractivity contribution in [3.63, 3.8) is 0 Å². The van der Waals surface area contributed by atoms with E-state index in [2.05, 4.69) is 62.8 Å². The number of hydrogen-bond donors (Lipinski definition) is 0. The third-order valence-electron chi connectivity index (χ3n) is 7.76. The number of benzene rings is 3. The van der Waals surface area contributed by atoms with Gasteiger partial charge in [0, 0.05) is 67.7 Å². The molecule has 7 nitrogen and oxygen atoms in total. The third kappa shape index (κ3) is 3.40. The molecule has 0 atom stereocenters. The molecule has 2 heterocycles. The number of esters is 1. The molecule has 0 unspecified atom stereocenters. The fourth-order valence-corrected chi connectivity index (χ4v) is 10.2. The highest BCUT2D eigenvalue weighted by Gasteiger charge is 2.56. The van der Waals surface area contributed by atoms with Gasteiger partial charge >= 0.3 is 5.97 Å². The molecule has 3 aromatic carbocycles. The molecule has 36 heavy (non-hydrogen) atoms. The van der Waals surface area contributed by atoms with Gasteiger partial charge in [-0.25, -0.2) is 4.79 Å². The molecule has 0 aliphatic carbocycles. The van der Waals surface area contributed by atoms with Crippen LogP contribution in [-0.4, -0.2) is 48.8 Å². The van der Waals surface area contributed by atoms with Gasteiger partial charge in [-0.05, 0) is 58.7 Å². The summed E-state index contributed by atoms with van der Waals surface area (Å²) in [6.45, 7) is 2.86. The van der Waals surface area contributed by atoms with E-state index in [1.165, 1.54) is 10.4 Å². The first-order valence-electron chi connectivity index (χ1n) is 12.2. The lowest BCUT2D eigenvalue weighted by Crippen LogP contribution is -2.65. The molecule has 8 heteroatoms. The van der Waals surface area contributed by atoms with Crippen LogP contribution in [0, 0.1) is 0 Å². The van der Waals surface area contributed by atoms with Crippen molar-refractivity contribution >= 4 is 35.8 Å². The topological polar surface area (TPSA) is 81.5 Å². The number of carbonyl (C=O) groups excluding carboxylic acids is 1. The fraction of sp³-hybridized carbons (Fsp3) is 0.321. The van der Waals surface area contributed by atoms with E-state index in [0.717, 1.165) is 40.5 Å². The summed E-state index contributed by atoms with van der Waals surface area (Å²) in [5, 5.41) is 6.35. The Balaban J connectivity index is 1.86. The van der Waals surface area contributed by atoms with Gasteiger partial charge in [0.25, 0.3) is 0 Å². The molecule has 0 N–H and O–H groups in total. The maximum Gasteiger partial charge on any atom is 0.340 e. The number of fused-ring (bicyclic) bond motifs is 6. The normalized spacial score (nSPS) is 21.2. The molecular weight excluding hydrogens is 466 g/mol. The number of ether oxygens (including phenoxy) is 1. The minimum atomic E-state index is -2.35. The molecule has 0 saturated heterocycles. The van der Waals surface area contributed by atoms with Crippen molar-refractivity contribution in [2.24, 2.45) is 5.11 Å². The Morgan fingerprint density at radius 3 is 2.06 bits per heavy atom. The Bertz CT molecular complexity index is 1350. The van der Waals surface area contributed by atoms with E-state index in [1.54, 1.807) is 0 Å². The summed E-state index contributed by atoms with van der Waals surface area (Å²) in [5.74, 6) is -0.288. The first-order valence-corrected chi connectivity index (χ1v) is 14.9. The summed E-state index contributed by atoms with van der Waals surface area (Å²) in [6.07, 6.45) is 0.799. The van der Waals surface area contributed by atoms with Gasteiger partial charge in [0.15, 0.2) is 5.60 Å². The maximum atomic E-state index is 13.2. The van der Waals surface area contributed by atoms with Crippen molar-refractivity contribution in [1.82, 2.24) is 0 Å². The summed E-state index contributed by atoms with van der Waals surface area (Å²) in [4.78, 5) is 20.4. The molecule has 1 spiro atoms.